The number of nitrogens with one attached hydrogen (secondary N) is 2. The topological polar surface area (TPSA) is 111 Å². The fraction of sp³-hybridized carbons (Fsp3) is 0.320. The maximum atomic E-state index is 12.9. The fourth-order valence-corrected chi connectivity index (χ4v) is 4.26. The van der Waals surface area contributed by atoms with E-state index in [4.69, 9.17) is 10.2 Å². The monoisotopic (exact) mass is 440 g/mol. The molecule has 8 heteroatoms. The molecule has 2 aromatic rings. The Morgan fingerprint density at radius 2 is 2.15 bits per heavy atom. The molecule has 0 saturated heterocycles. The van der Waals surface area contributed by atoms with Gasteiger partial charge in [-0.2, -0.15) is 5.26 Å². The highest BCUT2D eigenvalue weighted by atomic mass is 16.2. The van der Waals surface area contributed by atoms with Gasteiger partial charge in [-0.25, -0.2) is 9.97 Å². The lowest BCUT2D eigenvalue weighted by atomic mass is 9.97. The van der Waals surface area contributed by atoms with Gasteiger partial charge in [-0.05, 0) is 31.4 Å². The number of nitrogens with zero attached hydrogens (tertiary/aromatic N) is 4. The lowest BCUT2D eigenvalue weighted by Crippen LogP contribution is -2.38. The number of hydrogen-bond donors (Lipinski definition) is 2. The summed E-state index contributed by atoms with van der Waals surface area (Å²) >= 11 is 0. The molecule has 0 spiro atoms. The van der Waals surface area contributed by atoms with Crippen molar-refractivity contribution in [3.8, 4) is 17.3 Å². The predicted molar refractivity (Wildman–Crippen MR) is 124 cm³/mol. The van der Waals surface area contributed by atoms with Crippen molar-refractivity contribution in [2.45, 2.75) is 38.1 Å². The van der Waals surface area contributed by atoms with E-state index in [0.29, 0.717) is 31.4 Å². The van der Waals surface area contributed by atoms with E-state index in [1.54, 1.807) is 6.20 Å². The molecule has 1 unspecified atom stereocenters. The minimum atomic E-state index is -0.216. The summed E-state index contributed by atoms with van der Waals surface area (Å²) in [6.07, 6.45) is 10.7. The highest BCUT2D eigenvalue weighted by Gasteiger charge is 2.35. The van der Waals surface area contributed by atoms with E-state index in [1.807, 2.05) is 47.4 Å². The summed E-state index contributed by atoms with van der Waals surface area (Å²) in [4.78, 5) is 36.1. The molecule has 1 fully saturated rings. The SMILES string of the molecule is N#CCCN(C(=O)C1C=CC(Nc2ncc3c(n2)-c2ccccc2NC(=O)C3)=CC1)C1CC1. The Morgan fingerprint density at radius 3 is 2.91 bits per heavy atom. The Hall–Kier alpha value is -3.99. The van der Waals surface area contributed by atoms with Gasteiger partial charge in [-0.15, -0.1) is 0 Å². The number of fused-ring (bicyclic) bond motifs is 3. The average molecular weight is 441 g/mol. The first-order chi connectivity index (χ1) is 16.1. The normalized spacial score (nSPS) is 18.7. The maximum Gasteiger partial charge on any atom is 0.230 e. The second kappa shape index (κ2) is 8.87. The van der Waals surface area contributed by atoms with Crippen LogP contribution in [-0.2, 0) is 16.0 Å². The summed E-state index contributed by atoms with van der Waals surface area (Å²) in [5, 5.41) is 15.0. The lowest BCUT2D eigenvalue weighted by Gasteiger charge is -2.26. The summed E-state index contributed by atoms with van der Waals surface area (Å²) in [6.45, 7) is 0.501. The summed E-state index contributed by atoms with van der Waals surface area (Å²) in [5.74, 6) is 0.225. The van der Waals surface area contributed by atoms with E-state index in [1.165, 1.54) is 0 Å². The van der Waals surface area contributed by atoms with Crippen molar-refractivity contribution in [2.24, 2.45) is 5.92 Å². The van der Waals surface area contributed by atoms with E-state index in [-0.39, 0.29) is 24.2 Å². The summed E-state index contributed by atoms with van der Waals surface area (Å²) in [7, 11) is 0. The number of carbonyl (C=O) groups is 2. The standard InChI is InChI=1S/C25H24N6O2/c26-12-3-13-31(19-10-11-19)24(33)16-6-8-18(9-7-16)28-25-27-15-17-14-22(32)29-21-5-2-1-4-20(21)23(17)30-25/h1-2,4-6,8-9,15-16,19H,3,7,10-11,13-14H2,(H,29,32)(H,27,28,30). The molecule has 5 rings (SSSR count). The quantitative estimate of drug-likeness (QED) is 0.712. The molecule has 2 heterocycles. The number of allylic oxidation sites excluding steroid dienone is 2. The van der Waals surface area contributed by atoms with Gasteiger partial charge in [0.15, 0.2) is 0 Å². The molecule has 1 aliphatic heterocycles. The molecule has 33 heavy (non-hydrogen) atoms. The van der Waals surface area contributed by atoms with Crippen LogP contribution in [-0.4, -0.2) is 39.3 Å². The van der Waals surface area contributed by atoms with Crippen LogP contribution in [0.3, 0.4) is 0 Å². The van der Waals surface area contributed by atoms with Gasteiger partial charge in [0.1, 0.15) is 0 Å². The van der Waals surface area contributed by atoms with E-state index >= 15 is 0 Å². The van der Waals surface area contributed by atoms with Crippen molar-refractivity contribution in [1.82, 2.24) is 14.9 Å². The number of benzene rings is 1. The van der Waals surface area contributed by atoms with E-state index in [2.05, 4.69) is 21.7 Å². The molecule has 2 aliphatic carbocycles. The summed E-state index contributed by atoms with van der Waals surface area (Å²) < 4.78 is 0. The minimum absolute atomic E-state index is 0.0887. The molecule has 1 saturated carbocycles. The van der Waals surface area contributed by atoms with Gasteiger partial charge >= 0.3 is 0 Å². The van der Waals surface area contributed by atoms with E-state index < -0.39 is 0 Å². The third-order valence-corrected chi connectivity index (χ3v) is 6.08. The molecule has 166 valence electrons. The predicted octanol–water partition coefficient (Wildman–Crippen LogP) is 3.41. The highest BCUT2D eigenvalue weighted by molar-refractivity contribution is 5.99. The molecular formula is C25H24N6O2. The number of amides is 2. The Morgan fingerprint density at radius 1 is 1.30 bits per heavy atom. The van der Waals surface area contributed by atoms with Gasteiger partial charge in [0.25, 0.3) is 0 Å². The first kappa shape index (κ1) is 20.9. The van der Waals surface area contributed by atoms with Gasteiger partial charge < -0.3 is 15.5 Å². The van der Waals surface area contributed by atoms with Gasteiger partial charge in [-0.1, -0.05) is 30.4 Å². The van der Waals surface area contributed by atoms with Crippen molar-refractivity contribution in [3.63, 3.8) is 0 Å². The molecule has 3 aliphatic rings. The zero-order chi connectivity index (χ0) is 22.8. The maximum absolute atomic E-state index is 12.9. The fourth-order valence-electron chi connectivity index (χ4n) is 4.26. The molecule has 0 bridgehead atoms. The van der Waals surface area contributed by atoms with Crippen LogP contribution in [0.25, 0.3) is 11.3 Å². The molecule has 1 aromatic carbocycles. The van der Waals surface area contributed by atoms with Crippen molar-refractivity contribution in [3.05, 3.63) is 60.0 Å². The average Bonchev–Trinajstić information content (AvgIpc) is 3.67. The van der Waals surface area contributed by atoms with Gasteiger partial charge in [0.05, 0.1) is 36.2 Å². The van der Waals surface area contributed by atoms with Gasteiger partial charge in [0.2, 0.25) is 17.8 Å². The molecule has 8 nitrogen and oxygen atoms in total. The number of anilines is 2. The number of aromatic nitrogens is 2. The van der Waals surface area contributed by atoms with Crippen LogP contribution in [0, 0.1) is 17.2 Å². The smallest absolute Gasteiger partial charge is 0.230 e. The van der Waals surface area contributed by atoms with Gasteiger partial charge in [0, 0.05) is 35.6 Å². The largest absolute Gasteiger partial charge is 0.338 e. The zero-order valence-electron chi connectivity index (χ0n) is 18.1. The number of nitriles is 1. The van der Waals surface area contributed by atoms with E-state index in [9.17, 15) is 9.59 Å². The highest BCUT2D eigenvalue weighted by Crippen LogP contribution is 2.33. The van der Waals surface area contributed by atoms with Crippen LogP contribution in [0.1, 0.15) is 31.2 Å². The summed E-state index contributed by atoms with van der Waals surface area (Å²) in [5.41, 5.74) is 3.93. The number of para-hydroxylation sites is 1. The Labute approximate surface area is 192 Å². The third kappa shape index (κ3) is 4.48. The zero-order valence-corrected chi connectivity index (χ0v) is 18.1. The van der Waals surface area contributed by atoms with Crippen LogP contribution in [0.4, 0.5) is 11.6 Å². The number of hydrogen-bond acceptors (Lipinski definition) is 6. The van der Waals surface area contributed by atoms with Crippen molar-refractivity contribution >= 4 is 23.5 Å². The number of carbonyl (C=O) groups excluding carboxylic acids is 2. The van der Waals surface area contributed by atoms with Crippen LogP contribution < -0.4 is 10.6 Å². The molecule has 2 amide bonds. The Bertz CT molecular complexity index is 1210. The minimum Gasteiger partial charge on any atom is -0.338 e. The first-order valence-corrected chi connectivity index (χ1v) is 11.2. The molecule has 1 aromatic heterocycles. The van der Waals surface area contributed by atoms with Crippen LogP contribution in [0.2, 0.25) is 0 Å². The van der Waals surface area contributed by atoms with Gasteiger partial charge in [-0.3, -0.25) is 9.59 Å². The molecular weight excluding hydrogens is 416 g/mol. The molecule has 0 radical (unpaired) electrons. The number of rotatable bonds is 6. The lowest BCUT2D eigenvalue weighted by molar-refractivity contribution is -0.134. The molecule has 2 N–H and O–H groups in total. The second-order valence-corrected chi connectivity index (χ2v) is 8.49. The third-order valence-electron chi connectivity index (χ3n) is 6.08. The Kier molecular flexibility index (Phi) is 5.61. The summed E-state index contributed by atoms with van der Waals surface area (Å²) in [6, 6.07) is 10.0. The second-order valence-electron chi connectivity index (χ2n) is 8.49. The first-order valence-electron chi connectivity index (χ1n) is 11.2. The molecule has 1 atom stereocenters. The van der Waals surface area contributed by atoms with Crippen molar-refractivity contribution in [1.29, 1.82) is 5.26 Å². The Balaban J connectivity index is 1.30. The van der Waals surface area contributed by atoms with E-state index in [0.717, 1.165) is 41.0 Å². The van der Waals surface area contributed by atoms with Crippen LogP contribution >= 0.6 is 0 Å². The van der Waals surface area contributed by atoms with Crippen molar-refractivity contribution in [2.75, 3.05) is 17.2 Å². The van der Waals surface area contributed by atoms with Crippen LogP contribution in [0.15, 0.2) is 54.4 Å². The van der Waals surface area contributed by atoms with Crippen molar-refractivity contribution < 1.29 is 9.59 Å². The van der Waals surface area contributed by atoms with Crippen LogP contribution in [0.5, 0.6) is 0 Å².